The number of aryl methyl sites for hydroxylation is 3. The molecule has 2 heterocycles. The Balaban J connectivity index is 0.000000252. The molecule has 33 heavy (non-hydrogen) atoms. The number of hydrogen-bond acceptors (Lipinski definition) is 5. The third-order valence-electron chi connectivity index (χ3n) is 5.52. The van der Waals surface area contributed by atoms with E-state index in [1.807, 2.05) is 33.2 Å². The van der Waals surface area contributed by atoms with Gasteiger partial charge in [0.25, 0.3) is 5.56 Å². The van der Waals surface area contributed by atoms with Gasteiger partial charge >= 0.3 is 5.97 Å². The van der Waals surface area contributed by atoms with Crippen molar-refractivity contribution in [2.24, 2.45) is 7.05 Å². The zero-order chi connectivity index (χ0) is 24.4. The van der Waals surface area contributed by atoms with Crippen molar-refractivity contribution >= 4 is 23.0 Å². The molecule has 7 heteroatoms. The second-order valence-electron chi connectivity index (χ2n) is 7.53. The van der Waals surface area contributed by atoms with E-state index in [0.717, 1.165) is 11.4 Å². The van der Waals surface area contributed by atoms with Crippen molar-refractivity contribution in [1.29, 1.82) is 0 Å². The van der Waals surface area contributed by atoms with Gasteiger partial charge in [0.2, 0.25) is 0 Å². The third-order valence-corrected chi connectivity index (χ3v) is 5.52. The van der Waals surface area contributed by atoms with E-state index < -0.39 is 5.97 Å². The van der Waals surface area contributed by atoms with E-state index in [1.165, 1.54) is 55.3 Å². The lowest BCUT2D eigenvalue weighted by atomic mass is 9.91. The largest absolute Gasteiger partial charge is 0.478 e. The van der Waals surface area contributed by atoms with Crippen molar-refractivity contribution < 1.29 is 9.90 Å². The fraction of sp³-hybridized carbons (Fsp3) is 0.346. The van der Waals surface area contributed by atoms with Crippen LogP contribution >= 0.6 is 0 Å². The van der Waals surface area contributed by atoms with E-state index >= 15 is 0 Å². The Bertz CT molecular complexity index is 1120. The molecule has 0 saturated heterocycles. The van der Waals surface area contributed by atoms with E-state index in [-0.39, 0.29) is 11.1 Å². The summed E-state index contributed by atoms with van der Waals surface area (Å²) in [5.74, 6) is -0.947. The van der Waals surface area contributed by atoms with Crippen LogP contribution in [-0.4, -0.2) is 34.7 Å². The number of rotatable bonds is 4. The molecule has 0 aliphatic heterocycles. The highest BCUT2D eigenvalue weighted by Crippen LogP contribution is 2.28. The Morgan fingerprint density at radius 1 is 1.06 bits per heavy atom. The number of hydrogen-bond donors (Lipinski definition) is 2. The zero-order valence-electron chi connectivity index (χ0n) is 20.1. The van der Waals surface area contributed by atoms with Crippen LogP contribution in [0.25, 0.3) is 0 Å². The molecule has 0 radical (unpaired) electrons. The number of aromatic nitrogens is 2. The fourth-order valence-corrected chi connectivity index (χ4v) is 3.60. The van der Waals surface area contributed by atoms with E-state index in [9.17, 15) is 9.59 Å². The van der Waals surface area contributed by atoms with Crippen LogP contribution in [0.15, 0.2) is 59.8 Å². The maximum absolute atomic E-state index is 11.7. The number of carboxylic acid groups (broad SMARTS) is 1. The van der Waals surface area contributed by atoms with Gasteiger partial charge in [-0.1, -0.05) is 19.9 Å². The van der Waals surface area contributed by atoms with Crippen LogP contribution in [0.5, 0.6) is 0 Å². The molecule has 0 atom stereocenters. The minimum Gasteiger partial charge on any atom is -0.478 e. The van der Waals surface area contributed by atoms with Crippen LogP contribution in [0.4, 0.5) is 17.1 Å². The van der Waals surface area contributed by atoms with Gasteiger partial charge in [0.15, 0.2) is 0 Å². The summed E-state index contributed by atoms with van der Waals surface area (Å²) >= 11 is 0. The topological polar surface area (TPSA) is 87.5 Å². The molecule has 1 aliphatic carbocycles. The van der Waals surface area contributed by atoms with Gasteiger partial charge < -0.3 is 19.9 Å². The second kappa shape index (κ2) is 12.4. The Kier molecular flexibility index (Phi) is 9.66. The quantitative estimate of drug-likeness (QED) is 0.589. The average Bonchev–Trinajstić information content (AvgIpc) is 2.86. The molecule has 0 unspecified atom stereocenters. The lowest BCUT2D eigenvalue weighted by molar-refractivity contribution is 0.0698. The molecule has 0 spiro atoms. The normalized spacial score (nSPS) is 11.7. The summed E-state index contributed by atoms with van der Waals surface area (Å²) in [7, 11) is 5.44. The average molecular weight is 451 g/mol. The molecule has 0 amide bonds. The summed E-state index contributed by atoms with van der Waals surface area (Å²) < 4.78 is 1.59. The minimum atomic E-state index is -0.947. The van der Waals surface area contributed by atoms with Crippen LogP contribution in [0.1, 0.15) is 48.2 Å². The zero-order valence-corrected chi connectivity index (χ0v) is 20.1. The van der Waals surface area contributed by atoms with Crippen LogP contribution in [0.3, 0.4) is 0 Å². The van der Waals surface area contributed by atoms with Gasteiger partial charge in [-0.15, -0.1) is 0 Å². The number of carbonyl (C=O) groups is 1. The third kappa shape index (κ3) is 6.68. The Hall–Kier alpha value is -3.61. The summed E-state index contributed by atoms with van der Waals surface area (Å²) in [4.78, 5) is 28.1. The predicted octanol–water partition coefficient (Wildman–Crippen LogP) is 4.88. The van der Waals surface area contributed by atoms with E-state index in [2.05, 4.69) is 33.4 Å². The van der Waals surface area contributed by atoms with E-state index in [4.69, 9.17) is 5.11 Å². The maximum atomic E-state index is 11.7. The van der Waals surface area contributed by atoms with Crippen molar-refractivity contribution in [3.8, 4) is 0 Å². The number of benzene rings is 1. The number of nitrogens with one attached hydrogen (secondary N) is 1. The predicted molar refractivity (Wildman–Crippen MR) is 135 cm³/mol. The second-order valence-corrected chi connectivity index (χ2v) is 7.53. The van der Waals surface area contributed by atoms with E-state index in [1.54, 1.807) is 24.7 Å². The standard InChI is InChI=1S/C17H20N2O.C7H8N2O2.C2H6/c1-18-10-9-16(12-17(18)20)19(2)15-8-7-13-5-3-4-6-14(13)11-15;1-8-6-4-9-3-2-5(6)7(10)11;1-2/h7-12H,3-6H2,1-2H3;2-4,8H,1H3,(H,10,11);1-2H3. The van der Waals surface area contributed by atoms with Crippen LogP contribution in [0.2, 0.25) is 0 Å². The lowest BCUT2D eigenvalue weighted by Crippen LogP contribution is -2.18. The molecular weight excluding hydrogens is 416 g/mol. The van der Waals surface area contributed by atoms with E-state index in [0.29, 0.717) is 5.69 Å². The highest BCUT2D eigenvalue weighted by atomic mass is 16.4. The number of anilines is 3. The Morgan fingerprint density at radius 2 is 1.73 bits per heavy atom. The van der Waals surface area contributed by atoms with Crippen LogP contribution in [0, 0.1) is 0 Å². The van der Waals surface area contributed by atoms with Gasteiger partial charge in [-0.05, 0) is 61.1 Å². The molecule has 4 rings (SSSR count). The van der Waals surface area contributed by atoms with Crippen molar-refractivity contribution in [2.45, 2.75) is 39.5 Å². The first-order valence-electron chi connectivity index (χ1n) is 11.3. The van der Waals surface area contributed by atoms with Crippen molar-refractivity contribution in [2.75, 3.05) is 24.3 Å². The number of aromatic carboxylic acids is 1. The molecule has 3 aromatic rings. The highest BCUT2D eigenvalue weighted by molar-refractivity contribution is 5.93. The number of carboxylic acids is 1. The van der Waals surface area contributed by atoms with Crippen LogP contribution < -0.4 is 15.8 Å². The monoisotopic (exact) mass is 450 g/mol. The molecule has 1 aromatic carbocycles. The molecule has 0 bridgehead atoms. The number of fused-ring (bicyclic) bond motifs is 1. The van der Waals surface area contributed by atoms with Gasteiger partial charge in [-0.25, -0.2) is 4.79 Å². The smallest absolute Gasteiger partial charge is 0.337 e. The van der Waals surface area contributed by atoms with Crippen molar-refractivity contribution in [3.63, 3.8) is 0 Å². The molecule has 1 aliphatic rings. The molecule has 0 fully saturated rings. The van der Waals surface area contributed by atoms with Gasteiger partial charge in [0.05, 0.1) is 17.4 Å². The summed E-state index contributed by atoms with van der Waals surface area (Å²) in [6, 6.07) is 11.8. The summed E-state index contributed by atoms with van der Waals surface area (Å²) in [5, 5.41) is 11.4. The summed E-state index contributed by atoms with van der Waals surface area (Å²) in [6.45, 7) is 4.00. The molecular formula is C26H34N4O3. The minimum absolute atomic E-state index is 0.0207. The highest BCUT2D eigenvalue weighted by Gasteiger charge is 2.12. The lowest BCUT2D eigenvalue weighted by Gasteiger charge is -2.23. The first kappa shape index (κ1) is 25.6. The molecule has 176 valence electrons. The SMILES string of the molecule is CC.CN(c1ccc2c(c1)CCCC2)c1ccn(C)c(=O)c1.CNc1cnccc1C(=O)O. The Labute approximate surface area is 195 Å². The molecule has 7 nitrogen and oxygen atoms in total. The van der Waals surface area contributed by atoms with Gasteiger partial charge in [0.1, 0.15) is 0 Å². The maximum Gasteiger partial charge on any atom is 0.337 e. The molecule has 2 aromatic heterocycles. The van der Waals surface area contributed by atoms with Gasteiger partial charge in [-0.2, -0.15) is 0 Å². The Morgan fingerprint density at radius 3 is 2.33 bits per heavy atom. The first-order chi connectivity index (χ1) is 15.9. The van der Waals surface area contributed by atoms with Crippen LogP contribution in [-0.2, 0) is 19.9 Å². The summed E-state index contributed by atoms with van der Waals surface area (Å²) in [5.41, 5.74) is 5.82. The van der Waals surface area contributed by atoms with Crippen molar-refractivity contribution in [3.05, 3.63) is 82.0 Å². The fourth-order valence-electron chi connectivity index (χ4n) is 3.60. The molecule has 0 saturated carbocycles. The van der Waals surface area contributed by atoms with Gasteiger partial charge in [0, 0.05) is 51.0 Å². The number of nitrogens with zero attached hydrogens (tertiary/aromatic N) is 3. The first-order valence-corrected chi connectivity index (χ1v) is 11.3. The summed E-state index contributed by atoms with van der Waals surface area (Å²) in [6.07, 6.45) is 9.70. The van der Waals surface area contributed by atoms with Crippen molar-refractivity contribution in [1.82, 2.24) is 9.55 Å². The number of pyridine rings is 2. The van der Waals surface area contributed by atoms with Gasteiger partial charge in [-0.3, -0.25) is 9.78 Å². The molecule has 2 N–H and O–H groups in total.